The molecule has 0 atom stereocenters. The molecule has 4 aromatic rings. The molecule has 4 aromatic carbocycles. The number of ether oxygens (including phenoxy) is 1. The summed E-state index contributed by atoms with van der Waals surface area (Å²) in [7, 11) is -2.30. The zero-order valence-electron chi connectivity index (χ0n) is 20.8. The SMILES string of the molecule is COc1ccc(/C=N\NC(=O)c2ccc(CN(c3cc(Cl)ccc3C)S(=O)(=O)c3ccccc3)cc2)cc1. The molecule has 0 spiro atoms. The Balaban J connectivity index is 1.53. The van der Waals surface area contributed by atoms with E-state index in [1.54, 1.807) is 92.0 Å². The van der Waals surface area contributed by atoms with Crippen molar-refractivity contribution >= 4 is 39.4 Å². The van der Waals surface area contributed by atoms with Gasteiger partial charge in [0.15, 0.2) is 0 Å². The number of hydrogen-bond donors (Lipinski definition) is 1. The molecular weight excluding hydrogens is 522 g/mol. The molecule has 0 aliphatic rings. The van der Waals surface area contributed by atoms with E-state index < -0.39 is 10.0 Å². The van der Waals surface area contributed by atoms with Crippen LogP contribution in [0.1, 0.15) is 27.0 Å². The van der Waals surface area contributed by atoms with Crippen LogP contribution in [0.5, 0.6) is 5.75 Å². The molecular formula is C29H26ClN3O4S. The number of carbonyl (C=O) groups excluding carboxylic acids is 1. The van der Waals surface area contributed by atoms with Gasteiger partial charge < -0.3 is 4.74 Å². The summed E-state index contributed by atoms with van der Waals surface area (Å²) in [5.74, 6) is 0.340. The summed E-state index contributed by atoms with van der Waals surface area (Å²) in [6.07, 6.45) is 1.53. The molecule has 0 aliphatic heterocycles. The van der Waals surface area contributed by atoms with Crippen molar-refractivity contribution in [3.05, 3.63) is 124 Å². The fraction of sp³-hybridized carbons (Fsp3) is 0.103. The van der Waals surface area contributed by atoms with Crippen molar-refractivity contribution in [3.63, 3.8) is 0 Å². The van der Waals surface area contributed by atoms with Gasteiger partial charge in [-0.2, -0.15) is 5.10 Å². The fourth-order valence-corrected chi connectivity index (χ4v) is 5.41. The van der Waals surface area contributed by atoms with E-state index in [2.05, 4.69) is 10.5 Å². The van der Waals surface area contributed by atoms with Gasteiger partial charge in [-0.05, 0) is 84.3 Å². The minimum Gasteiger partial charge on any atom is -0.497 e. The van der Waals surface area contributed by atoms with Crippen molar-refractivity contribution in [2.75, 3.05) is 11.4 Å². The lowest BCUT2D eigenvalue weighted by atomic mass is 10.1. The molecule has 4 rings (SSSR count). The first kappa shape index (κ1) is 26.9. The summed E-state index contributed by atoms with van der Waals surface area (Å²) in [6, 6.07) is 27.3. The molecule has 0 fully saturated rings. The van der Waals surface area contributed by atoms with E-state index in [0.29, 0.717) is 21.8 Å². The van der Waals surface area contributed by atoms with Crippen LogP contribution in [-0.4, -0.2) is 27.6 Å². The lowest BCUT2D eigenvalue weighted by molar-refractivity contribution is 0.0955. The maximum Gasteiger partial charge on any atom is 0.271 e. The molecule has 0 saturated heterocycles. The van der Waals surface area contributed by atoms with Crippen molar-refractivity contribution in [2.45, 2.75) is 18.4 Å². The standard InChI is InChI=1S/C29H26ClN3O4S/c1-21-8-15-25(30)18-28(21)33(38(35,36)27-6-4-3-5-7-27)20-23-9-13-24(14-10-23)29(34)32-31-19-22-11-16-26(37-2)17-12-22/h3-19H,20H2,1-2H3,(H,32,34)/b31-19-. The summed E-state index contributed by atoms with van der Waals surface area (Å²) in [6.45, 7) is 1.88. The Bertz CT molecular complexity index is 1540. The summed E-state index contributed by atoms with van der Waals surface area (Å²) in [5.41, 5.74) is 5.63. The molecule has 0 aromatic heterocycles. The maximum atomic E-state index is 13.6. The minimum absolute atomic E-state index is 0.0515. The quantitative estimate of drug-likeness (QED) is 0.211. The summed E-state index contributed by atoms with van der Waals surface area (Å²) in [5, 5.41) is 4.43. The molecule has 0 saturated carbocycles. The Hall–Kier alpha value is -4.14. The number of carbonyl (C=O) groups is 1. The van der Waals surface area contributed by atoms with Crippen LogP contribution in [0, 0.1) is 6.92 Å². The number of anilines is 1. The largest absolute Gasteiger partial charge is 0.497 e. The van der Waals surface area contributed by atoms with Gasteiger partial charge in [0.1, 0.15) is 5.75 Å². The first-order valence-electron chi connectivity index (χ1n) is 11.7. The van der Waals surface area contributed by atoms with Gasteiger partial charge >= 0.3 is 0 Å². The van der Waals surface area contributed by atoms with Crippen LogP contribution in [0.15, 0.2) is 107 Å². The van der Waals surface area contributed by atoms with Crippen LogP contribution in [0.25, 0.3) is 0 Å². The predicted octanol–water partition coefficient (Wildman–Crippen LogP) is 5.82. The first-order valence-corrected chi connectivity index (χ1v) is 13.5. The second-order valence-corrected chi connectivity index (χ2v) is 10.7. The minimum atomic E-state index is -3.89. The zero-order valence-corrected chi connectivity index (χ0v) is 22.4. The maximum absolute atomic E-state index is 13.6. The number of benzene rings is 4. The van der Waals surface area contributed by atoms with Gasteiger partial charge in [0, 0.05) is 10.6 Å². The number of amides is 1. The van der Waals surface area contributed by atoms with Gasteiger partial charge in [0.05, 0.1) is 30.5 Å². The number of methoxy groups -OCH3 is 1. The van der Waals surface area contributed by atoms with Crippen LogP contribution < -0.4 is 14.5 Å². The Morgan fingerprint density at radius 3 is 2.32 bits per heavy atom. The second kappa shape index (κ2) is 11.9. The fourth-order valence-electron chi connectivity index (χ4n) is 3.72. The van der Waals surface area contributed by atoms with E-state index >= 15 is 0 Å². The van der Waals surface area contributed by atoms with Gasteiger partial charge in [-0.25, -0.2) is 13.8 Å². The van der Waals surface area contributed by atoms with E-state index in [-0.39, 0.29) is 17.3 Å². The molecule has 0 aliphatic carbocycles. The van der Waals surface area contributed by atoms with Crippen LogP contribution in [0.3, 0.4) is 0 Å². The molecule has 0 radical (unpaired) electrons. The molecule has 194 valence electrons. The number of hydrogen-bond acceptors (Lipinski definition) is 5. The molecule has 7 nitrogen and oxygen atoms in total. The van der Waals surface area contributed by atoms with Crippen LogP contribution in [-0.2, 0) is 16.6 Å². The average Bonchev–Trinajstić information content (AvgIpc) is 2.94. The summed E-state index contributed by atoms with van der Waals surface area (Å²) < 4.78 is 33.7. The van der Waals surface area contributed by atoms with E-state index in [0.717, 1.165) is 16.9 Å². The zero-order chi connectivity index (χ0) is 27.1. The second-order valence-electron chi connectivity index (χ2n) is 8.42. The smallest absolute Gasteiger partial charge is 0.271 e. The Morgan fingerprint density at radius 2 is 1.66 bits per heavy atom. The highest BCUT2D eigenvalue weighted by molar-refractivity contribution is 7.92. The highest BCUT2D eigenvalue weighted by Gasteiger charge is 2.26. The van der Waals surface area contributed by atoms with Crippen LogP contribution in [0.2, 0.25) is 5.02 Å². The molecule has 0 unspecified atom stereocenters. The number of halogens is 1. The van der Waals surface area contributed by atoms with Crippen molar-refractivity contribution in [1.29, 1.82) is 0 Å². The lowest BCUT2D eigenvalue weighted by Crippen LogP contribution is -2.31. The number of nitrogens with one attached hydrogen (secondary N) is 1. The third-order valence-corrected chi connectivity index (χ3v) is 7.82. The molecule has 9 heteroatoms. The van der Waals surface area contributed by atoms with E-state index in [9.17, 15) is 13.2 Å². The van der Waals surface area contributed by atoms with Crippen LogP contribution in [0.4, 0.5) is 5.69 Å². The van der Waals surface area contributed by atoms with Crippen molar-refractivity contribution in [2.24, 2.45) is 5.10 Å². The van der Waals surface area contributed by atoms with Gasteiger partial charge in [0.2, 0.25) is 0 Å². The van der Waals surface area contributed by atoms with Crippen molar-refractivity contribution in [1.82, 2.24) is 5.43 Å². The summed E-state index contributed by atoms with van der Waals surface area (Å²) in [4.78, 5) is 12.7. The third kappa shape index (κ3) is 6.40. The van der Waals surface area contributed by atoms with Crippen molar-refractivity contribution in [3.8, 4) is 5.75 Å². The topological polar surface area (TPSA) is 88.1 Å². The number of aryl methyl sites for hydroxylation is 1. The van der Waals surface area contributed by atoms with Gasteiger partial charge in [-0.1, -0.05) is 48.0 Å². The Kier molecular flexibility index (Phi) is 8.45. The third-order valence-electron chi connectivity index (χ3n) is 5.81. The highest BCUT2D eigenvalue weighted by Crippen LogP contribution is 2.31. The van der Waals surface area contributed by atoms with Crippen LogP contribution >= 0.6 is 11.6 Å². The van der Waals surface area contributed by atoms with E-state index in [4.69, 9.17) is 16.3 Å². The predicted molar refractivity (Wildman–Crippen MR) is 150 cm³/mol. The van der Waals surface area contributed by atoms with Gasteiger partial charge in [-0.3, -0.25) is 9.10 Å². The Morgan fingerprint density at radius 1 is 0.974 bits per heavy atom. The lowest BCUT2D eigenvalue weighted by Gasteiger charge is -2.26. The number of sulfonamides is 1. The highest BCUT2D eigenvalue weighted by atomic mass is 35.5. The normalized spacial score (nSPS) is 11.3. The number of rotatable bonds is 9. The van der Waals surface area contributed by atoms with Crippen molar-refractivity contribution < 1.29 is 17.9 Å². The monoisotopic (exact) mass is 547 g/mol. The molecule has 0 bridgehead atoms. The molecule has 1 N–H and O–H groups in total. The van der Waals surface area contributed by atoms with Gasteiger partial charge in [0.25, 0.3) is 15.9 Å². The number of nitrogens with zero attached hydrogens (tertiary/aromatic N) is 2. The van der Waals surface area contributed by atoms with Gasteiger partial charge in [-0.15, -0.1) is 0 Å². The molecule has 1 amide bonds. The average molecular weight is 548 g/mol. The van der Waals surface area contributed by atoms with E-state index in [1.807, 2.05) is 19.1 Å². The molecule has 0 heterocycles. The number of hydrazone groups is 1. The first-order chi connectivity index (χ1) is 18.3. The summed E-state index contributed by atoms with van der Waals surface area (Å²) >= 11 is 6.23. The Labute approximate surface area is 227 Å². The molecule has 38 heavy (non-hydrogen) atoms. The van der Waals surface area contributed by atoms with E-state index in [1.165, 1.54) is 10.5 Å².